The molecule has 2 aromatic carbocycles. The molecule has 0 unspecified atom stereocenters. The molecule has 0 aromatic heterocycles. The average molecular weight is 449 g/mol. The molecule has 9 heteroatoms. The highest BCUT2D eigenvalue weighted by molar-refractivity contribution is 7.92. The van der Waals surface area contributed by atoms with Crippen molar-refractivity contribution < 1.29 is 27.4 Å². The van der Waals surface area contributed by atoms with Gasteiger partial charge in [0.05, 0.1) is 32.8 Å². The summed E-state index contributed by atoms with van der Waals surface area (Å²) in [5.41, 5.74) is 1.52. The van der Waals surface area contributed by atoms with E-state index < -0.39 is 10.0 Å². The average Bonchev–Trinajstić information content (AvgIpc) is 2.73. The third kappa shape index (κ3) is 7.86. The SMILES string of the molecule is CCCCOc1ccc(/C=C/C(=O)Nc2ccc(NS(C)(=O)=O)c(OC)c2)cc1OC. The summed E-state index contributed by atoms with van der Waals surface area (Å²) in [7, 11) is -0.467. The van der Waals surface area contributed by atoms with Gasteiger partial charge in [-0.05, 0) is 42.3 Å². The summed E-state index contributed by atoms with van der Waals surface area (Å²) in [6, 6.07) is 10.1. The number of nitrogens with one attached hydrogen (secondary N) is 2. The fourth-order valence-electron chi connectivity index (χ4n) is 2.64. The number of hydrogen-bond donors (Lipinski definition) is 2. The third-order valence-electron chi connectivity index (χ3n) is 4.13. The molecular weight excluding hydrogens is 420 g/mol. The lowest BCUT2D eigenvalue weighted by atomic mass is 10.2. The smallest absolute Gasteiger partial charge is 0.248 e. The molecule has 8 nitrogen and oxygen atoms in total. The summed E-state index contributed by atoms with van der Waals surface area (Å²) >= 11 is 0. The summed E-state index contributed by atoms with van der Waals surface area (Å²) in [5.74, 6) is 1.19. The van der Waals surface area contributed by atoms with Crippen LogP contribution >= 0.6 is 0 Å². The fraction of sp³-hybridized carbons (Fsp3) is 0.318. The number of anilines is 2. The Balaban J connectivity index is 2.06. The molecule has 0 bridgehead atoms. The normalized spacial score (nSPS) is 11.2. The minimum absolute atomic E-state index is 0.284. The lowest BCUT2D eigenvalue weighted by molar-refractivity contribution is -0.111. The zero-order valence-electron chi connectivity index (χ0n) is 18.1. The van der Waals surface area contributed by atoms with Gasteiger partial charge in [-0.3, -0.25) is 9.52 Å². The minimum Gasteiger partial charge on any atom is -0.494 e. The van der Waals surface area contributed by atoms with Crippen LogP contribution in [0.5, 0.6) is 17.2 Å². The molecule has 0 aliphatic carbocycles. The van der Waals surface area contributed by atoms with Crippen LogP contribution in [0.1, 0.15) is 25.3 Å². The zero-order chi connectivity index (χ0) is 22.9. The van der Waals surface area contributed by atoms with Gasteiger partial charge in [-0.15, -0.1) is 0 Å². The molecule has 1 amide bonds. The molecule has 2 rings (SSSR count). The van der Waals surface area contributed by atoms with Crippen molar-refractivity contribution in [3.05, 3.63) is 48.0 Å². The van der Waals surface area contributed by atoms with Gasteiger partial charge >= 0.3 is 0 Å². The quantitative estimate of drug-likeness (QED) is 0.399. The van der Waals surface area contributed by atoms with E-state index in [1.54, 1.807) is 25.3 Å². The Kier molecular flexibility index (Phi) is 8.75. The summed E-state index contributed by atoms with van der Waals surface area (Å²) in [6.07, 6.45) is 6.10. The van der Waals surface area contributed by atoms with Crippen LogP contribution in [0, 0.1) is 0 Å². The van der Waals surface area contributed by atoms with Crippen LogP contribution < -0.4 is 24.2 Å². The topological polar surface area (TPSA) is 103 Å². The molecule has 0 atom stereocenters. The molecule has 0 aliphatic rings. The van der Waals surface area contributed by atoms with Crippen molar-refractivity contribution in [2.45, 2.75) is 19.8 Å². The number of carbonyl (C=O) groups is 1. The predicted octanol–water partition coefficient (Wildman–Crippen LogP) is 3.91. The number of amides is 1. The molecule has 0 fully saturated rings. The number of carbonyl (C=O) groups excluding carboxylic acids is 1. The molecule has 31 heavy (non-hydrogen) atoms. The highest BCUT2D eigenvalue weighted by atomic mass is 32.2. The lowest BCUT2D eigenvalue weighted by Gasteiger charge is -2.12. The van der Waals surface area contributed by atoms with Crippen LogP contribution in [0.4, 0.5) is 11.4 Å². The van der Waals surface area contributed by atoms with Gasteiger partial charge in [0.2, 0.25) is 15.9 Å². The molecule has 0 spiro atoms. The van der Waals surface area contributed by atoms with Gasteiger partial charge < -0.3 is 19.5 Å². The fourth-order valence-corrected chi connectivity index (χ4v) is 3.21. The largest absolute Gasteiger partial charge is 0.494 e. The lowest BCUT2D eigenvalue weighted by Crippen LogP contribution is -2.11. The molecule has 0 aliphatic heterocycles. The number of unbranched alkanes of at least 4 members (excludes halogenated alkanes) is 1. The second-order valence-electron chi connectivity index (χ2n) is 6.72. The van der Waals surface area contributed by atoms with E-state index in [0.29, 0.717) is 23.8 Å². The van der Waals surface area contributed by atoms with Crippen molar-refractivity contribution >= 4 is 33.4 Å². The predicted molar refractivity (Wildman–Crippen MR) is 123 cm³/mol. The van der Waals surface area contributed by atoms with E-state index in [1.165, 1.54) is 25.3 Å². The summed E-state index contributed by atoms with van der Waals surface area (Å²) in [6.45, 7) is 2.71. The standard InChI is InChI=1S/C22H28N2O6S/c1-5-6-13-30-19-11-7-16(14-21(19)29-3)8-12-22(25)23-17-9-10-18(20(15-17)28-2)24-31(4,26)27/h7-12,14-15,24H,5-6,13H2,1-4H3,(H,23,25)/b12-8+. The number of methoxy groups -OCH3 is 2. The van der Waals surface area contributed by atoms with Crippen LogP contribution in [0.15, 0.2) is 42.5 Å². The van der Waals surface area contributed by atoms with Crippen LogP contribution in [0.25, 0.3) is 6.08 Å². The zero-order valence-corrected chi connectivity index (χ0v) is 18.9. The first-order chi connectivity index (χ1) is 14.8. The molecule has 0 heterocycles. The van der Waals surface area contributed by atoms with Crippen molar-refractivity contribution in [3.63, 3.8) is 0 Å². The van der Waals surface area contributed by atoms with E-state index >= 15 is 0 Å². The van der Waals surface area contributed by atoms with Gasteiger partial charge in [-0.1, -0.05) is 19.4 Å². The van der Waals surface area contributed by atoms with Crippen LogP contribution in [0.2, 0.25) is 0 Å². The van der Waals surface area contributed by atoms with E-state index in [-0.39, 0.29) is 17.3 Å². The van der Waals surface area contributed by atoms with E-state index in [0.717, 1.165) is 24.7 Å². The maximum atomic E-state index is 12.3. The highest BCUT2D eigenvalue weighted by Gasteiger charge is 2.10. The molecule has 0 saturated carbocycles. The van der Waals surface area contributed by atoms with Crippen molar-refractivity contribution in [3.8, 4) is 17.2 Å². The van der Waals surface area contributed by atoms with Gasteiger partial charge in [0.1, 0.15) is 5.75 Å². The second-order valence-corrected chi connectivity index (χ2v) is 8.47. The summed E-state index contributed by atoms with van der Waals surface area (Å²) in [5, 5.41) is 2.71. The van der Waals surface area contributed by atoms with Crippen molar-refractivity contribution in [1.29, 1.82) is 0 Å². The summed E-state index contributed by atoms with van der Waals surface area (Å²) < 4.78 is 41.5. The van der Waals surface area contributed by atoms with Crippen molar-refractivity contribution in [2.24, 2.45) is 0 Å². The first-order valence-corrected chi connectivity index (χ1v) is 11.6. The van der Waals surface area contributed by atoms with Crippen LogP contribution in [0.3, 0.4) is 0 Å². The van der Waals surface area contributed by atoms with Crippen molar-refractivity contribution in [1.82, 2.24) is 0 Å². The van der Waals surface area contributed by atoms with Crippen LogP contribution in [-0.2, 0) is 14.8 Å². The number of hydrogen-bond acceptors (Lipinski definition) is 6. The third-order valence-corrected chi connectivity index (χ3v) is 4.73. The van der Waals surface area contributed by atoms with Crippen LogP contribution in [-0.4, -0.2) is 41.4 Å². The van der Waals surface area contributed by atoms with Gasteiger partial charge in [-0.2, -0.15) is 0 Å². The Morgan fingerprint density at radius 3 is 2.42 bits per heavy atom. The Morgan fingerprint density at radius 2 is 1.77 bits per heavy atom. The molecule has 168 valence electrons. The van der Waals surface area contributed by atoms with E-state index in [4.69, 9.17) is 14.2 Å². The Hall–Kier alpha value is -3.20. The number of rotatable bonds is 11. The minimum atomic E-state index is -3.45. The maximum absolute atomic E-state index is 12.3. The Bertz CT molecular complexity index is 1030. The molecule has 2 aromatic rings. The van der Waals surface area contributed by atoms with Gasteiger partial charge in [0, 0.05) is 17.8 Å². The van der Waals surface area contributed by atoms with E-state index in [1.807, 2.05) is 12.1 Å². The first kappa shape index (κ1) is 24.1. The number of ether oxygens (including phenoxy) is 3. The Morgan fingerprint density at radius 1 is 1.03 bits per heavy atom. The monoisotopic (exact) mass is 448 g/mol. The highest BCUT2D eigenvalue weighted by Crippen LogP contribution is 2.30. The molecule has 0 saturated heterocycles. The maximum Gasteiger partial charge on any atom is 0.248 e. The summed E-state index contributed by atoms with van der Waals surface area (Å²) in [4.78, 5) is 12.3. The Labute approximate surface area is 183 Å². The first-order valence-electron chi connectivity index (χ1n) is 9.71. The molecule has 0 radical (unpaired) electrons. The van der Waals surface area contributed by atoms with Gasteiger partial charge in [0.25, 0.3) is 0 Å². The van der Waals surface area contributed by atoms with Gasteiger partial charge in [0.15, 0.2) is 11.5 Å². The number of benzene rings is 2. The van der Waals surface area contributed by atoms with Crippen molar-refractivity contribution in [2.75, 3.05) is 37.1 Å². The van der Waals surface area contributed by atoms with Gasteiger partial charge in [-0.25, -0.2) is 8.42 Å². The van der Waals surface area contributed by atoms with E-state index in [2.05, 4.69) is 17.0 Å². The molecular formula is C22H28N2O6S. The number of sulfonamides is 1. The second kappa shape index (κ2) is 11.3. The molecule has 2 N–H and O–H groups in total. The van der Waals surface area contributed by atoms with E-state index in [9.17, 15) is 13.2 Å².